The highest BCUT2D eigenvalue weighted by atomic mass is 16.2. The molecule has 1 aliphatic rings. The maximum Gasteiger partial charge on any atom is 0.278 e. The van der Waals surface area contributed by atoms with Gasteiger partial charge in [-0.05, 0) is 19.1 Å². The van der Waals surface area contributed by atoms with Crippen LogP contribution in [-0.4, -0.2) is 46.8 Å². The summed E-state index contributed by atoms with van der Waals surface area (Å²) in [5.41, 5.74) is 1.19. The number of rotatable bonds is 2. The van der Waals surface area contributed by atoms with Crippen LogP contribution in [0.1, 0.15) is 16.2 Å². The Morgan fingerprint density at radius 2 is 1.86 bits per heavy atom. The molecule has 0 radical (unpaired) electrons. The topological polar surface area (TPSA) is 67.2 Å². The Kier molecular flexibility index (Phi) is 4.02. The van der Waals surface area contributed by atoms with E-state index in [4.69, 9.17) is 0 Å². The molecule has 1 N–H and O–H groups in total. The summed E-state index contributed by atoms with van der Waals surface area (Å²) in [6.45, 7) is 4.48. The van der Waals surface area contributed by atoms with Gasteiger partial charge >= 0.3 is 0 Å². The first-order chi connectivity index (χ1) is 10.7. The molecule has 6 nitrogen and oxygen atoms in total. The highest BCUT2D eigenvalue weighted by molar-refractivity contribution is 5.92. The van der Waals surface area contributed by atoms with Crippen LogP contribution in [0.4, 0.5) is 0 Å². The van der Waals surface area contributed by atoms with Crippen LogP contribution in [0.25, 0.3) is 5.69 Å². The molecule has 2 aromatic rings. The SMILES string of the molecule is Cc1cc(=O)c(C(=O)N2CCNCC2)nn1-c1ccccc1. The van der Waals surface area contributed by atoms with Gasteiger partial charge in [-0.3, -0.25) is 9.59 Å². The Bertz CT molecular complexity index is 734. The Morgan fingerprint density at radius 1 is 1.18 bits per heavy atom. The van der Waals surface area contributed by atoms with Crippen LogP contribution in [0.5, 0.6) is 0 Å². The third-order valence-electron chi connectivity index (χ3n) is 3.72. The molecule has 0 spiro atoms. The number of benzene rings is 1. The first kappa shape index (κ1) is 14.5. The second kappa shape index (κ2) is 6.11. The van der Waals surface area contributed by atoms with Gasteiger partial charge in [0.1, 0.15) is 0 Å². The number of hydrogen-bond donors (Lipinski definition) is 1. The van der Waals surface area contributed by atoms with E-state index in [1.165, 1.54) is 6.07 Å². The number of hydrogen-bond acceptors (Lipinski definition) is 4. The molecule has 1 saturated heterocycles. The van der Waals surface area contributed by atoms with Crippen molar-refractivity contribution in [2.75, 3.05) is 26.2 Å². The average molecular weight is 298 g/mol. The summed E-state index contributed by atoms with van der Waals surface area (Å²) >= 11 is 0. The molecule has 0 bridgehead atoms. The van der Waals surface area contributed by atoms with Gasteiger partial charge in [-0.15, -0.1) is 0 Å². The van der Waals surface area contributed by atoms with Crippen molar-refractivity contribution < 1.29 is 4.79 Å². The zero-order chi connectivity index (χ0) is 15.5. The number of nitrogens with zero attached hydrogens (tertiary/aromatic N) is 3. The van der Waals surface area contributed by atoms with Gasteiger partial charge in [0.2, 0.25) is 5.43 Å². The molecule has 0 saturated carbocycles. The smallest absolute Gasteiger partial charge is 0.278 e. The number of aryl methyl sites for hydroxylation is 1. The molecule has 0 atom stereocenters. The van der Waals surface area contributed by atoms with Crippen LogP contribution in [0.15, 0.2) is 41.2 Å². The van der Waals surface area contributed by atoms with Crippen molar-refractivity contribution in [2.24, 2.45) is 0 Å². The molecule has 1 amide bonds. The summed E-state index contributed by atoms with van der Waals surface area (Å²) in [7, 11) is 0. The molecule has 1 aliphatic heterocycles. The zero-order valence-electron chi connectivity index (χ0n) is 12.5. The Morgan fingerprint density at radius 3 is 2.55 bits per heavy atom. The van der Waals surface area contributed by atoms with E-state index in [0.29, 0.717) is 18.8 Å². The fourth-order valence-corrected chi connectivity index (χ4v) is 2.54. The maximum atomic E-state index is 12.5. The molecule has 2 heterocycles. The van der Waals surface area contributed by atoms with Gasteiger partial charge in [0.15, 0.2) is 5.69 Å². The summed E-state index contributed by atoms with van der Waals surface area (Å²) < 4.78 is 1.64. The second-order valence-corrected chi connectivity index (χ2v) is 5.29. The largest absolute Gasteiger partial charge is 0.335 e. The van der Waals surface area contributed by atoms with Gasteiger partial charge in [0.05, 0.1) is 5.69 Å². The van der Waals surface area contributed by atoms with Crippen molar-refractivity contribution in [1.29, 1.82) is 0 Å². The van der Waals surface area contributed by atoms with Crippen molar-refractivity contribution in [3.8, 4) is 5.69 Å². The molecule has 1 fully saturated rings. The number of carbonyl (C=O) groups is 1. The van der Waals surface area contributed by atoms with Crippen molar-refractivity contribution in [1.82, 2.24) is 20.0 Å². The van der Waals surface area contributed by atoms with Gasteiger partial charge in [0, 0.05) is 37.9 Å². The van der Waals surface area contributed by atoms with Crippen LogP contribution in [0.3, 0.4) is 0 Å². The fourth-order valence-electron chi connectivity index (χ4n) is 2.54. The monoisotopic (exact) mass is 298 g/mol. The van der Waals surface area contributed by atoms with Gasteiger partial charge in [-0.2, -0.15) is 5.10 Å². The molecule has 3 rings (SSSR count). The number of amides is 1. The number of aromatic nitrogens is 2. The number of para-hydroxylation sites is 1. The molecular formula is C16H18N4O2. The summed E-state index contributed by atoms with van der Waals surface area (Å²) in [5, 5.41) is 7.49. The minimum absolute atomic E-state index is 0.0173. The second-order valence-electron chi connectivity index (χ2n) is 5.29. The van der Waals surface area contributed by atoms with Crippen LogP contribution >= 0.6 is 0 Å². The third-order valence-corrected chi connectivity index (χ3v) is 3.72. The first-order valence-corrected chi connectivity index (χ1v) is 7.33. The predicted octanol–water partition coefficient (Wildman–Crippen LogP) is 0.586. The maximum absolute atomic E-state index is 12.5. The van der Waals surface area contributed by atoms with Crippen molar-refractivity contribution >= 4 is 5.91 Å². The van der Waals surface area contributed by atoms with Crippen LogP contribution in [0.2, 0.25) is 0 Å². The lowest BCUT2D eigenvalue weighted by Gasteiger charge is -2.27. The Balaban J connectivity index is 2.01. The quantitative estimate of drug-likeness (QED) is 0.881. The van der Waals surface area contributed by atoms with E-state index >= 15 is 0 Å². The molecule has 0 unspecified atom stereocenters. The van der Waals surface area contributed by atoms with E-state index in [1.54, 1.807) is 16.5 Å². The lowest BCUT2D eigenvalue weighted by molar-refractivity contribution is 0.0726. The van der Waals surface area contributed by atoms with Crippen LogP contribution in [-0.2, 0) is 0 Å². The molecule has 0 aliphatic carbocycles. The van der Waals surface area contributed by atoms with E-state index in [1.807, 2.05) is 30.3 Å². The minimum Gasteiger partial charge on any atom is -0.335 e. The van der Waals surface area contributed by atoms with E-state index in [9.17, 15) is 9.59 Å². The standard InChI is InChI=1S/C16H18N4O2/c1-12-11-14(21)15(16(22)19-9-7-17-8-10-19)18-20(12)13-5-3-2-4-6-13/h2-6,11,17H,7-10H2,1H3. The lowest BCUT2D eigenvalue weighted by Crippen LogP contribution is -2.48. The molecule has 1 aromatic heterocycles. The third kappa shape index (κ3) is 2.78. The fraction of sp³-hybridized carbons (Fsp3) is 0.312. The molecule has 6 heteroatoms. The van der Waals surface area contributed by atoms with Crippen molar-refractivity contribution in [2.45, 2.75) is 6.92 Å². The van der Waals surface area contributed by atoms with Gasteiger partial charge in [-0.25, -0.2) is 4.68 Å². The highest BCUT2D eigenvalue weighted by Crippen LogP contribution is 2.09. The van der Waals surface area contributed by atoms with Gasteiger partial charge in [-0.1, -0.05) is 18.2 Å². The number of piperazine rings is 1. The van der Waals surface area contributed by atoms with Crippen molar-refractivity contribution in [3.63, 3.8) is 0 Å². The summed E-state index contributed by atoms with van der Waals surface area (Å²) in [4.78, 5) is 26.4. The molecular weight excluding hydrogens is 280 g/mol. The summed E-state index contributed by atoms with van der Waals surface area (Å²) in [5.74, 6) is -0.295. The zero-order valence-corrected chi connectivity index (χ0v) is 12.5. The van der Waals surface area contributed by atoms with E-state index in [0.717, 1.165) is 18.8 Å². The predicted molar refractivity (Wildman–Crippen MR) is 83.3 cm³/mol. The molecule has 22 heavy (non-hydrogen) atoms. The van der Waals surface area contributed by atoms with Crippen LogP contribution < -0.4 is 10.7 Å². The Hall–Kier alpha value is -2.47. The Labute approximate surface area is 128 Å². The molecule has 1 aromatic carbocycles. The molecule has 114 valence electrons. The van der Waals surface area contributed by atoms with Crippen molar-refractivity contribution in [3.05, 3.63) is 58.0 Å². The van der Waals surface area contributed by atoms with Gasteiger partial charge in [0.25, 0.3) is 5.91 Å². The first-order valence-electron chi connectivity index (χ1n) is 7.33. The van der Waals surface area contributed by atoms with Gasteiger partial charge < -0.3 is 10.2 Å². The normalized spacial score (nSPS) is 14.9. The number of carbonyl (C=O) groups excluding carboxylic acids is 1. The van der Waals surface area contributed by atoms with E-state index in [-0.39, 0.29) is 17.0 Å². The van der Waals surface area contributed by atoms with E-state index < -0.39 is 0 Å². The number of nitrogens with one attached hydrogen (secondary N) is 1. The minimum atomic E-state index is -0.326. The highest BCUT2D eigenvalue weighted by Gasteiger charge is 2.22. The summed E-state index contributed by atoms with van der Waals surface area (Å²) in [6, 6.07) is 11.0. The van der Waals surface area contributed by atoms with E-state index in [2.05, 4.69) is 10.4 Å². The average Bonchev–Trinajstić information content (AvgIpc) is 2.56. The lowest BCUT2D eigenvalue weighted by atomic mass is 10.2. The summed E-state index contributed by atoms with van der Waals surface area (Å²) in [6.07, 6.45) is 0. The van der Waals surface area contributed by atoms with Crippen LogP contribution in [0, 0.1) is 6.92 Å².